The molecule has 0 aliphatic heterocycles. The number of carbonyl (C=O) groups is 1. The van der Waals surface area contributed by atoms with E-state index in [2.05, 4.69) is 4.98 Å². The minimum Gasteiger partial charge on any atom is -0.478 e. The molecule has 0 saturated heterocycles. The lowest BCUT2D eigenvalue weighted by atomic mass is 10.2. The molecule has 8 heteroatoms. The van der Waals surface area contributed by atoms with E-state index in [1.54, 1.807) is 0 Å². The third-order valence-electron chi connectivity index (χ3n) is 2.61. The summed E-state index contributed by atoms with van der Waals surface area (Å²) in [6, 6.07) is 3.30. The first kappa shape index (κ1) is 17.3. The SMILES string of the molecule is CC(C)Oc1ncc(Oc2cc(F)c(C(=O)O)cc2Cl)cc1Cl. The number of hydrogen-bond acceptors (Lipinski definition) is 4. The van der Waals surface area contributed by atoms with E-state index in [0.29, 0.717) is 0 Å². The summed E-state index contributed by atoms with van der Waals surface area (Å²) in [4.78, 5) is 14.8. The van der Waals surface area contributed by atoms with E-state index in [9.17, 15) is 9.18 Å². The van der Waals surface area contributed by atoms with E-state index in [-0.39, 0.29) is 33.5 Å². The van der Waals surface area contributed by atoms with Crippen molar-refractivity contribution < 1.29 is 23.8 Å². The van der Waals surface area contributed by atoms with Gasteiger partial charge in [-0.05, 0) is 19.9 Å². The van der Waals surface area contributed by atoms with Crippen LogP contribution >= 0.6 is 23.2 Å². The Morgan fingerprint density at radius 1 is 1.26 bits per heavy atom. The Balaban J connectivity index is 2.27. The number of carboxylic acid groups (broad SMARTS) is 1. The average molecular weight is 360 g/mol. The summed E-state index contributed by atoms with van der Waals surface area (Å²) in [6.45, 7) is 3.66. The minimum absolute atomic E-state index is 0.0513. The Labute approximate surface area is 141 Å². The molecule has 1 aromatic heterocycles. The van der Waals surface area contributed by atoms with Crippen molar-refractivity contribution in [3.8, 4) is 17.4 Å². The molecule has 0 atom stereocenters. The largest absolute Gasteiger partial charge is 0.478 e. The van der Waals surface area contributed by atoms with Crippen molar-refractivity contribution in [2.24, 2.45) is 0 Å². The minimum atomic E-state index is -1.42. The van der Waals surface area contributed by atoms with Crippen LogP contribution in [0, 0.1) is 5.82 Å². The molecular weight excluding hydrogens is 348 g/mol. The van der Waals surface area contributed by atoms with Crippen LogP contribution in [0.3, 0.4) is 0 Å². The maximum Gasteiger partial charge on any atom is 0.338 e. The van der Waals surface area contributed by atoms with Gasteiger partial charge in [0.1, 0.15) is 22.3 Å². The van der Waals surface area contributed by atoms with E-state index in [4.69, 9.17) is 37.8 Å². The zero-order valence-corrected chi connectivity index (χ0v) is 13.7. The molecule has 2 rings (SSSR count). The van der Waals surface area contributed by atoms with Crippen LogP contribution in [0.25, 0.3) is 0 Å². The second-order valence-electron chi connectivity index (χ2n) is 4.79. The molecule has 0 spiro atoms. The van der Waals surface area contributed by atoms with Gasteiger partial charge in [0.15, 0.2) is 0 Å². The molecule has 0 radical (unpaired) electrons. The molecule has 122 valence electrons. The molecule has 1 heterocycles. The van der Waals surface area contributed by atoms with Gasteiger partial charge in [0.2, 0.25) is 5.88 Å². The van der Waals surface area contributed by atoms with Crippen LogP contribution in [0.4, 0.5) is 4.39 Å². The molecule has 0 unspecified atom stereocenters. The number of rotatable bonds is 5. The second-order valence-corrected chi connectivity index (χ2v) is 5.61. The lowest BCUT2D eigenvalue weighted by molar-refractivity contribution is 0.0692. The van der Waals surface area contributed by atoms with Gasteiger partial charge in [0, 0.05) is 12.1 Å². The highest BCUT2D eigenvalue weighted by atomic mass is 35.5. The van der Waals surface area contributed by atoms with Crippen molar-refractivity contribution in [3.63, 3.8) is 0 Å². The highest BCUT2D eigenvalue weighted by molar-refractivity contribution is 6.32. The van der Waals surface area contributed by atoms with Crippen LogP contribution in [0.1, 0.15) is 24.2 Å². The van der Waals surface area contributed by atoms with E-state index in [0.717, 1.165) is 12.1 Å². The molecule has 2 aromatic rings. The van der Waals surface area contributed by atoms with Crippen LogP contribution in [-0.2, 0) is 0 Å². The maximum absolute atomic E-state index is 13.7. The van der Waals surface area contributed by atoms with Crippen LogP contribution in [0.15, 0.2) is 24.4 Å². The maximum atomic E-state index is 13.7. The molecule has 0 amide bonds. The monoisotopic (exact) mass is 359 g/mol. The van der Waals surface area contributed by atoms with Crippen molar-refractivity contribution in [1.82, 2.24) is 4.98 Å². The number of pyridine rings is 1. The molecule has 0 bridgehead atoms. The van der Waals surface area contributed by atoms with Crippen molar-refractivity contribution >= 4 is 29.2 Å². The molecule has 1 aromatic carbocycles. The molecular formula is C15H12Cl2FNO4. The van der Waals surface area contributed by atoms with Crippen molar-refractivity contribution in [1.29, 1.82) is 0 Å². The number of hydrogen-bond donors (Lipinski definition) is 1. The number of ether oxygens (including phenoxy) is 2. The predicted molar refractivity (Wildman–Crippen MR) is 83.5 cm³/mol. The fraction of sp³-hybridized carbons (Fsp3) is 0.200. The summed E-state index contributed by atoms with van der Waals surface area (Å²) in [5.41, 5.74) is -0.542. The fourth-order valence-electron chi connectivity index (χ4n) is 1.67. The Bertz CT molecular complexity index is 752. The molecule has 5 nitrogen and oxygen atoms in total. The van der Waals surface area contributed by atoms with Crippen LogP contribution in [0.2, 0.25) is 10.0 Å². The Hall–Kier alpha value is -2.05. The molecule has 0 aliphatic rings. The molecule has 0 saturated carbocycles. The standard InChI is InChI=1S/C15H12Cl2FNO4/c1-7(2)22-14-11(17)3-8(6-19-14)23-13-5-12(18)9(15(20)21)4-10(13)16/h3-7H,1-2H3,(H,20,21). The van der Waals surface area contributed by atoms with Gasteiger partial charge in [-0.1, -0.05) is 23.2 Å². The zero-order chi connectivity index (χ0) is 17.1. The Morgan fingerprint density at radius 2 is 1.96 bits per heavy atom. The number of aromatic carboxylic acids is 1. The van der Waals surface area contributed by atoms with E-state index >= 15 is 0 Å². The van der Waals surface area contributed by atoms with Crippen molar-refractivity contribution in [3.05, 3.63) is 45.8 Å². The van der Waals surface area contributed by atoms with E-state index < -0.39 is 17.3 Å². The van der Waals surface area contributed by atoms with Crippen LogP contribution in [-0.4, -0.2) is 22.2 Å². The predicted octanol–water partition coefficient (Wildman–Crippen LogP) is 4.81. The smallest absolute Gasteiger partial charge is 0.338 e. The van der Waals surface area contributed by atoms with Gasteiger partial charge in [-0.15, -0.1) is 0 Å². The molecule has 23 heavy (non-hydrogen) atoms. The van der Waals surface area contributed by atoms with Crippen LogP contribution < -0.4 is 9.47 Å². The number of aromatic nitrogens is 1. The second kappa shape index (κ2) is 7.02. The average Bonchev–Trinajstić information content (AvgIpc) is 2.44. The summed E-state index contributed by atoms with van der Waals surface area (Å²) in [7, 11) is 0. The fourth-order valence-corrected chi connectivity index (χ4v) is 2.07. The Morgan fingerprint density at radius 3 is 2.52 bits per heavy atom. The Kier molecular flexibility index (Phi) is 5.28. The molecule has 0 fully saturated rings. The topological polar surface area (TPSA) is 68.7 Å². The molecule has 0 aliphatic carbocycles. The van der Waals surface area contributed by atoms with E-state index in [1.807, 2.05) is 13.8 Å². The summed E-state index contributed by atoms with van der Waals surface area (Å²) in [6.07, 6.45) is 1.24. The molecule has 1 N–H and O–H groups in total. The number of halogens is 3. The van der Waals surface area contributed by atoms with Gasteiger partial charge >= 0.3 is 5.97 Å². The normalized spacial score (nSPS) is 10.7. The lowest BCUT2D eigenvalue weighted by Gasteiger charge is -2.12. The summed E-state index contributed by atoms with van der Waals surface area (Å²) >= 11 is 11.9. The van der Waals surface area contributed by atoms with Crippen molar-refractivity contribution in [2.75, 3.05) is 0 Å². The lowest BCUT2D eigenvalue weighted by Crippen LogP contribution is -2.07. The van der Waals surface area contributed by atoms with Crippen molar-refractivity contribution in [2.45, 2.75) is 20.0 Å². The first-order chi connectivity index (χ1) is 10.8. The van der Waals surface area contributed by atoms with Gasteiger partial charge in [-0.2, -0.15) is 0 Å². The first-order valence-corrected chi connectivity index (χ1v) is 7.26. The summed E-state index contributed by atoms with van der Waals surface area (Å²) in [5.74, 6) is -1.99. The van der Waals surface area contributed by atoms with Gasteiger partial charge < -0.3 is 14.6 Å². The summed E-state index contributed by atoms with van der Waals surface area (Å²) < 4.78 is 24.5. The van der Waals surface area contributed by atoms with Gasteiger partial charge in [0.25, 0.3) is 0 Å². The third kappa shape index (κ3) is 4.24. The highest BCUT2D eigenvalue weighted by Crippen LogP contribution is 2.34. The summed E-state index contributed by atoms with van der Waals surface area (Å²) in [5, 5.41) is 8.99. The zero-order valence-electron chi connectivity index (χ0n) is 12.1. The number of nitrogens with zero attached hydrogens (tertiary/aromatic N) is 1. The van der Waals surface area contributed by atoms with Gasteiger partial charge in [-0.25, -0.2) is 14.2 Å². The van der Waals surface area contributed by atoms with Gasteiger partial charge in [-0.3, -0.25) is 0 Å². The van der Waals surface area contributed by atoms with Gasteiger partial charge in [0.05, 0.1) is 22.9 Å². The third-order valence-corrected chi connectivity index (χ3v) is 3.18. The van der Waals surface area contributed by atoms with E-state index in [1.165, 1.54) is 12.3 Å². The highest BCUT2D eigenvalue weighted by Gasteiger charge is 2.16. The quantitative estimate of drug-likeness (QED) is 0.829. The number of carboxylic acids is 1. The number of benzene rings is 1. The van der Waals surface area contributed by atoms with Crippen LogP contribution in [0.5, 0.6) is 17.4 Å². The first-order valence-electron chi connectivity index (χ1n) is 6.50.